The molecule has 0 unspecified atom stereocenters. The van der Waals surface area contributed by atoms with Gasteiger partial charge in [-0.25, -0.2) is 4.79 Å². The number of carbonyl (C=O) groups excluding carboxylic acids is 1. The lowest BCUT2D eigenvalue weighted by molar-refractivity contribution is -0.138. The normalized spacial score (nSPS) is 10.9. The first-order valence-corrected chi connectivity index (χ1v) is 5.76. The van der Waals surface area contributed by atoms with Crippen LogP contribution in [0.1, 0.15) is 27.0 Å². The van der Waals surface area contributed by atoms with Crippen molar-refractivity contribution in [3.63, 3.8) is 0 Å². The van der Waals surface area contributed by atoms with E-state index in [0.29, 0.717) is 0 Å². The topological polar surface area (TPSA) is 50.1 Å². The highest BCUT2D eigenvalue weighted by Gasteiger charge is 2.36. The van der Waals surface area contributed by atoms with Crippen LogP contribution in [0.5, 0.6) is 0 Å². The molecule has 18 heavy (non-hydrogen) atoms. The lowest BCUT2D eigenvalue weighted by Crippen LogP contribution is -2.15. The average Bonchev–Trinajstić information content (AvgIpc) is 2.34. The van der Waals surface area contributed by atoms with Crippen LogP contribution in [-0.4, -0.2) is 13.1 Å². The van der Waals surface area contributed by atoms with Gasteiger partial charge in [-0.2, -0.15) is 18.4 Å². The maximum absolute atomic E-state index is 12.8. The number of hydrogen-bond donors (Lipinski definition) is 0. The van der Waals surface area contributed by atoms with Gasteiger partial charge in [-0.3, -0.25) is 0 Å². The van der Waals surface area contributed by atoms with Gasteiger partial charge >= 0.3 is 12.1 Å². The van der Waals surface area contributed by atoms with Crippen LogP contribution in [0, 0.1) is 11.3 Å². The predicted molar refractivity (Wildman–Crippen MR) is 60.1 cm³/mol. The molecular formula is C11H7BrF3NO2. The number of methoxy groups -OCH3 is 1. The molecule has 0 bridgehead atoms. The molecule has 0 saturated carbocycles. The summed E-state index contributed by atoms with van der Waals surface area (Å²) in [6.45, 7) is 0. The summed E-state index contributed by atoms with van der Waals surface area (Å²) in [5.74, 6) is -0.966. The third-order valence-corrected chi connectivity index (χ3v) is 2.82. The molecule has 0 aliphatic heterocycles. The van der Waals surface area contributed by atoms with E-state index in [-0.39, 0.29) is 22.0 Å². The SMILES string of the molecule is COC(=O)c1c(C#N)ccc(C(F)(F)F)c1CBr. The number of ether oxygens (including phenoxy) is 1. The third-order valence-electron chi connectivity index (χ3n) is 2.26. The van der Waals surface area contributed by atoms with Gasteiger partial charge in [0.05, 0.1) is 23.8 Å². The Hall–Kier alpha value is -1.55. The first-order valence-electron chi connectivity index (χ1n) is 4.64. The van der Waals surface area contributed by atoms with Crippen LogP contribution in [-0.2, 0) is 16.2 Å². The smallest absolute Gasteiger partial charge is 0.416 e. The maximum Gasteiger partial charge on any atom is 0.416 e. The number of halogens is 4. The minimum absolute atomic E-state index is 0.149. The Morgan fingerprint density at radius 2 is 2.11 bits per heavy atom. The van der Waals surface area contributed by atoms with Gasteiger partial charge in [0.1, 0.15) is 6.07 Å². The number of esters is 1. The minimum Gasteiger partial charge on any atom is -0.465 e. The number of nitrogens with zero attached hydrogens (tertiary/aromatic N) is 1. The number of benzene rings is 1. The van der Waals surface area contributed by atoms with Crippen molar-refractivity contribution in [2.75, 3.05) is 7.11 Å². The summed E-state index contributed by atoms with van der Waals surface area (Å²) in [4.78, 5) is 11.5. The van der Waals surface area contributed by atoms with Gasteiger partial charge in [-0.05, 0) is 17.7 Å². The second-order valence-electron chi connectivity index (χ2n) is 3.25. The molecule has 1 rings (SSSR count). The quantitative estimate of drug-likeness (QED) is 0.620. The largest absolute Gasteiger partial charge is 0.465 e. The van der Waals surface area contributed by atoms with Crippen molar-refractivity contribution < 1.29 is 22.7 Å². The van der Waals surface area contributed by atoms with Crippen molar-refractivity contribution >= 4 is 21.9 Å². The highest BCUT2D eigenvalue weighted by atomic mass is 79.9. The monoisotopic (exact) mass is 321 g/mol. The zero-order valence-corrected chi connectivity index (χ0v) is 10.7. The summed E-state index contributed by atoms with van der Waals surface area (Å²) >= 11 is 2.90. The van der Waals surface area contributed by atoms with Crippen molar-refractivity contribution in [2.45, 2.75) is 11.5 Å². The maximum atomic E-state index is 12.8. The Labute approximate surface area is 109 Å². The van der Waals surface area contributed by atoms with Crippen LogP contribution >= 0.6 is 15.9 Å². The summed E-state index contributed by atoms with van der Waals surface area (Å²) in [6.07, 6.45) is -4.60. The van der Waals surface area contributed by atoms with Crippen molar-refractivity contribution in [2.24, 2.45) is 0 Å². The van der Waals surface area contributed by atoms with Crippen molar-refractivity contribution in [1.82, 2.24) is 0 Å². The molecule has 1 aromatic carbocycles. The summed E-state index contributed by atoms with van der Waals surface area (Å²) in [5.41, 5.74) is -1.76. The van der Waals surface area contributed by atoms with E-state index < -0.39 is 17.7 Å². The molecule has 0 aliphatic carbocycles. The fourth-order valence-electron chi connectivity index (χ4n) is 1.48. The Morgan fingerprint density at radius 1 is 1.50 bits per heavy atom. The van der Waals surface area contributed by atoms with Crippen LogP contribution in [0.25, 0.3) is 0 Å². The zero-order chi connectivity index (χ0) is 13.9. The van der Waals surface area contributed by atoms with E-state index in [9.17, 15) is 18.0 Å². The summed E-state index contributed by atoms with van der Waals surface area (Å²) < 4.78 is 42.7. The van der Waals surface area contributed by atoms with Gasteiger partial charge in [0.15, 0.2) is 0 Å². The van der Waals surface area contributed by atoms with Gasteiger partial charge in [-0.1, -0.05) is 15.9 Å². The molecule has 0 atom stereocenters. The van der Waals surface area contributed by atoms with E-state index in [1.807, 2.05) is 0 Å². The number of hydrogen-bond acceptors (Lipinski definition) is 3. The summed E-state index contributed by atoms with van der Waals surface area (Å²) in [5, 5.41) is 8.62. The molecule has 96 valence electrons. The molecular weight excluding hydrogens is 315 g/mol. The van der Waals surface area contributed by atoms with Crippen LogP contribution < -0.4 is 0 Å². The van der Waals surface area contributed by atoms with E-state index in [4.69, 9.17) is 5.26 Å². The molecule has 3 nitrogen and oxygen atoms in total. The molecule has 7 heteroatoms. The number of carbonyl (C=O) groups is 1. The highest BCUT2D eigenvalue weighted by Crippen LogP contribution is 2.35. The zero-order valence-electron chi connectivity index (χ0n) is 9.14. The average molecular weight is 322 g/mol. The first kappa shape index (κ1) is 14.5. The van der Waals surface area contributed by atoms with Crippen LogP contribution in [0.3, 0.4) is 0 Å². The molecule has 0 aromatic heterocycles. The molecule has 0 aliphatic rings. The van der Waals surface area contributed by atoms with Crippen molar-refractivity contribution in [1.29, 1.82) is 5.26 Å². The van der Waals surface area contributed by atoms with Gasteiger partial charge in [0, 0.05) is 5.33 Å². The van der Waals surface area contributed by atoms with Crippen molar-refractivity contribution in [3.8, 4) is 6.07 Å². The summed E-state index contributed by atoms with van der Waals surface area (Å²) in [6, 6.07) is 3.41. The number of alkyl halides is 4. The van der Waals surface area contributed by atoms with E-state index in [1.54, 1.807) is 6.07 Å². The molecule has 0 N–H and O–H groups in total. The van der Waals surface area contributed by atoms with Crippen LogP contribution in [0.2, 0.25) is 0 Å². The number of nitriles is 1. The molecule has 0 saturated heterocycles. The predicted octanol–water partition coefficient (Wildman–Crippen LogP) is 3.26. The Bertz CT molecular complexity index is 520. The second kappa shape index (κ2) is 5.40. The summed E-state index contributed by atoms with van der Waals surface area (Å²) in [7, 11) is 1.04. The highest BCUT2D eigenvalue weighted by molar-refractivity contribution is 9.08. The Kier molecular flexibility index (Phi) is 4.35. The van der Waals surface area contributed by atoms with Gasteiger partial charge in [-0.15, -0.1) is 0 Å². The minimum atomic E-state index is -4.60. The van der Waals surface area contributed by atoms with Gasteiger partial charge < -0.3 is 4.74 Å². The van der Waals surface area contributed by atoms with Gasteiger partial charge in [0.2, 0.25) is 0 Å². The lowest BCUT2D eigenvalue weighted by atomic mass is 9.97. The van der Waals surface area contributed by atoms with E-state index >= 15 is 0 Å². The van der Waals surface area contributed by atoms with Gasteiger partial charge in [0.25, 0.3) is 0 Å². The van der Waals surface area contributed by atoms with Crippen molar-refractivity contribution in [3.05, 3.63) is 34.4 Å². The van der Waals surface area contributed by atoms with E-state index in [2.05, 4.69) is 20.7 Å². The molecule has 0 heterocycles. The van der Waals surface area contributed by atoms with E-state index in [1.165, 1.54) is 0 Å². The molecule has 0 radical (unpaired) electrons. The Morgan fingerprint density at radius 3 is 2.50 bits per heavy atom. The second-order valence-corrected chi connectivity index (χ2v) is 3.81. The fraction of sp³-hybridized carbons (Fsp3) is 0.273. The molecule has 1 aromatic rings. The standard InChI is InChI=1S/C11H7BrF3NO2/c1-18-10(17)9-6(5-16)2-3-8(7(9)4-12)11(13,14)15/h2-3H,4H2,1H3. The van der Waals surface area contributed by atoms with Crippen LogP contribution in [0.4, 0.5) is 13.2 Å². The Balaban J connectivity index is 3.64. The fourth-order valence-corrected chi connectivity index (χ4v) is 2.06. The molecule has 0 amide bonds. The van der Waals surface area contributed by atoms with E-state index in [0.717, 1.165) is 19.2 Å². The number of rotatable bonds is 2. The third kappa shape index (κ3) is 2.64. The first-order chi connectivity index (χ1) is 8.36. The lowest BCUT2D eigenvalue weighted by Gasteiger charge is -2.15. The molecule has 0 fully saturated rings. The van der Waals surface area contributed by atoms with Crippen LogP contribution in [0.15, 0.2) is 12.1 Å². The molecule has 0 spiro atoms.